The zero-order valence-corrected chi connectivity index (χ0v) is 13.6. The number of rotatable bonds is 4. The molecule has 1 aliphatic rings. The lowest BCUT2D eigenvalue weighted by Gasteiger charge is -2.33. The molecule has 9 heteroatoms. The van der Waals surface area contributed by atoms with Gasteiger partial charge in [-0.2, -0.15) is 0 Å². The van der Waals surface area contributed by atoms with Crippen LogP contribution >= 0.6 is 0 Å². The van der Waals surface area contributed by atoms with Crippen LogP contribution in [0.25, 0.3) is 0 Å². The Labute approximate surface area is 139 Å². The molecule has 0 unspecified atom stereocenters. The first-order chi connectivity index (χ1) is 11.7. The van der Waals surface area contributed by atoms with Crippen molar-refractivity contribution in [2.75, 3.05) is 31.7 Å². The van der Waals surface area contributed by atoms with Crippen LogP contribution in [-0.4, -0.2) is 52.5 Å². The first-order valence-electron chi connectivity index (χ1n) is 7.72. The quantitative estimate of drug-likeness (QED) is 0.909. The topological polar surface area (TPSA) is 103 Å². The maximum atomic E-state index is 12.7. The van der Waals surface area contributed by atoms with Gasteiger partial charge in [0, 0.05) is 19.7 Å². The van der Waals surface area contributed by atoms with E-state index in [9.17, 15) is 4.79 Å². The molecule has 2 aromatic heterocycles. The molecule has 0 bridgehead atoms. The highest BCUT2D eigenvalue weighted by molar-refractivity contribution is 5.90. The number of carbonyl (C=O) groups is 1. The Morgan fingerprint density at radius 1 is 1.50 bits per heavy atom. The summed E-state index contributed by atoms with van der Waals surface area (Å²) >= 11 is 0. The molecule has 0 saturated carbocycles. The predicted molar refractivity (Wildman–Crippen MR) is 83.7 cm³/mol. The minimum atomic E-state index is -0.424. The number of amides is 2. The maximum Gasteiger partial charge on any atom is 0.322 e. The Kier molecular flexibility index (Phi) is 4.90. The number of hydrogen-bond donors (Lipinski definition) is 1. The van der Waals surface area contributed by atoms with Crippen LogP contribution in [0.2, 0.25) is 0 Å². The molecule has 0 aromatic carbocycles. The second kappa shape index (κ2) is 7.26. The highest BCUT2D eigenvalue weighted by Gasteiger charge is 2.33. The zero-order chi connectivity index (χ0) is 16.9. The van der Waals surface area contributed by atoms with Gasteiger partial charge in [-0.15, -0.1) is 10.2 Å². The minimum absolute atomic E-state index is 0.298. The lowest BCUT2D eigenvalue weighted by Crippen LogP contribution is -2.45. The van der Waals surface area contributed by atoms with Gasteiger partial charge in [0.15, 0.2) is 0 Å². The zero-order valence-electron chi connectivity index (χ0n) is 13.6. The molecular weight excluding hydrogens is 314 g/mol. The average molecular weight is 333 g/mol. The van der Waals surface area contributed by atoms with Crippen LogP contribution in [0.3, 0.4) is 0 Å². The van der Waals surface area contributed by atoms with E-state index in [0.29, 0.717) is 49.7 Å². The van der Waals surface area contributed by atoms with Crippen LogP contribution in [0.4, 0.5) is 10.5 Å². The van der Waals surface area contributed by atoms with Gasteiger partial charge in [-0.05, 0) is 19.1 Å². The summed E-state index contributed by atoms with van der Waals surface area (Å²) < 4.78 is 16.3. The van der Waals surface area contributed by atoms with E-state index >= 15 is 0 Å². The van der Waals surface area contributed by atoms with Gasteiger partial charge in [-0.1, -0.05) is 0 Å². The van der Waals surface area contributed by atoms with Gasteiger partial charge in [0.2, 0.25) is 17.7 Å². The third-order valence-corrected chi connectivity index (χ3v) is 3.51. The number of aromatic nitrogens is 3. The number of morpholine rings is 1. The van der Waals surface area contributed by atoms with E-state index in [4.69, 9.17) is 13.9 Å². The summed E-state index contributed by atoms with van der Waals surface area (Å²) in [5.41, 5.74) is 0.510. The van der Waals surface area contributed by atoms with Crippen molar-refractivity contribution in [3.05, 3.63) is 30.1 Å². The predicted octanol–water partition coefficient (Wildman–Crippen LogP) is 1.78. The lowest BCUT2D eigenvalue weighted by molar-refractivity contribution is 0.00510. The molecule has 24 heavy (non-hydrogen) atoms. The Balaban J connectivity index is 1.77. The molecule has 3 heterocycles. The summed E-state index contributed by atoms with van der Waals surface area (Å²) in [6, 6.07) is 2.75. The fourth-order valence-corrected chi connectivity index (χ4v) is 2.42. The monoisotopic (exact) mass is 333 g/mol. The Hall–Kier alpha value is -2.68. The molecule has 1 atom stereocenters. The van der Waals surface area contributed by atoms with Crippen molar-refractivity contribution >= 4 is 11.7 Å². The molecule has 128 valence electrons. The van der Waals surface area contributed by atoms with Crippen LogP contribution in [0.15, 0.2) is 22.7 Å². The number of anilines is 1. The molecule has 0 spiro atoms. The van der Waals surface area contributed by atoms with E-state index in [-0.39, 0.29) is 6.03 Å². The summed E-state index contributed by atoms with van der Waals surface area (Å²) in [6.45, 7) is 5.19. The van der Waals surface area contributed by atoms with Crippen molar-refractivity contribution in [2.45, 2.75) is 19.9 Å². The van der Waals surface area contributed by atoms with Gasteiger partial charge >= 0.3 is 6.03 Å². The number of hydrogen-bond acceptors (Lipinski definition) is 7. The van der Waals surface area contributed by atoms with Gasteiger partial charge in [0.1, 0.15) is 11.7 Å². The molecular formula is C15H19N5O4. The van der Waals surface area contributed by atoms with E-state index in [1.54, 1.807) is 30.2 Å². The van der Waals surface area contributed by atoms with E-state index < -0.39 is 6.04 Å². The first kappa shape index (κ1) is 16.2. The van der Waals surface area contributed by atoms with Gasteiger partial charge in [-0.25, -0.2) is 9.78 Å². The molecule has 1 aliphatic heterocycles. The van der Waals surface area contributed by atoms with Crippen LogP contribution < -0.4 is 10.1 Å². The largest absolute Gasteiger partial charge is 0.476 e. The van der Waals surface area contributed by atoms with Crippen LogP contribution in [0.5, 0.6) is 5.88 Å². The van der Waals surface area contributed by atoms with Gasteiger partial charge in [-0.3, -0.25) is 0 Å². The van der Waals surface area contributed by atoms with Crippen molar-refractivity contribution in [3.8, 4) is 5.88 Å². The molecule has 1 saturated heterocycles. The Bertz CT molecular complexity index is 705. The van der Waals surface area contributed by atoms with Crippen molar-refractivity contribution < 1.29 is 18.7 Å². The van der Waals surface area contributed by atoms with Crippen LogP contribution in [0, 0.1) is 6.92 Å². The van der Waals surface area contributed by atoms with Crippen LogP contribution in [-0.2, 0) is 4.74 Å². The van der Waals surface area contributed by atoms with Crippen molar-refractivity contribution in [2.24, 2.45) is 0 Å². The second-order valence-electron chi connectivity index (χ2n) is 5.16. The van der Waals surface area contributed by atoms with Gasteiger partial charge < -0.3 is 24.1 Å². The molecule has 1 fully saturated rings. The number of carbonyl (C=O) groups excluding carboxylic acids is 1. The Morgan fingerprint density at radius 3 is 3.12 bits per heavy atom. The minimum Gasteiger partial charge on any atom is -0.476 e. The first-order valence-corrected chi connectivity index (χ1v) is 7.72. The third-order valence-electron chi connectivity index (χ3n) is 3.51. The molecule has 9 nitrogen and oxygen atoms in total. The summed E-state index contributed by atoms with van der Waals surface area (Å²) in [6.07, 6.45) is 1.61. The smallest absolute Gasteiger partial charge is 0.322 e. The van der Waals surface area contributed by atoms with E-state index in [1.165, 1.54) is 0 Å². The van der Waals surface area contributed by atoms with Crippen molar-refractivity contribution in [1.82, 2.24) is 20.1 Å². The molecule has 0 radical (unpaired) electrons. The average Bonchev–Trinajstić information content (AvgIpc) is 3.03. The number of urea groups is 1. The third kappa shape index (κ3) is 3.46. The lowest BCUT2D eigenvalue weighted by atomic mass is 10.2. The summed E-state index contributed by atoms with van der Waals surface area (Å²) in [7, 11) is 0. The highest BCUT2D eigenvalue weighted by Crippen LogP contribution is 2.26. The summed E-state index contributed by atoms with van der Waals surface area (Å²) in [5.74, 6) is 1.19. The van der Waals surface area contributed by atoms with E-state index in [2.05, 4.69) is 20.5 Å². The van der Waals surface area contributed by atoms with E-state index in [1.807, 2.05) is 6.92 Å². The van der Waals surface area contributed by atoms with Crippen LogP contribution in [0.1, 0.15) is 24.7 Å². The normalized spacial score (nSPS) is 17.6. The fourth-order valence-electron chi connectivity index (χ4n) is 2.42. The summed E-state index contributed by atoms with van der Waals surface area (Å²) in [5, 5.41) is 10.6. The number of ether oxygens (including phenoxy) is 2. The van der Waals surface area contributed by atoms with Crippen molar-refractivity contribution in [1.29, 1.82) is 0 Å². The number of nitrogens with zero attached hydrogens (tertiary/aromatic N) is 4. The second-order valence-corrected chi connectivity index (χ2v) is 5.16. The summed E-state index contributed by atoms with van der Waals surface area (Å²) in [4.78, 5) is 18.4. The maximum absolute atomic E-state index is 12.7. The molecule has 1 N–H and O–H groups in total. The molecule has 2 amide bonds. The standard InChI is InChI=1S/C15H19N5O4/c1-3-23-13-11(5-4-6-16-13)17-15(21)20-7-8-22-9-12(20)14-19-18-10(2)24-14/h4-6,12H,3,7-9H2,1-2H3,(H,17,21)/t12-/m1/s1. The highest BCUT2D eigenvalue weighted by atomic mass is 16.5. The van der Waals surface area contributed by atoms with Gasteiger partial charge in [0.05, 0.1) is 19.8 Å². The number of nitrogens with one attached hydrogen (secondary N) is 1. The molecule has 2 aromatic rings. The van der Waals surface area contributed by atoms with E-state index in [0.717, 1.165) is 0 Å². The molecule has 3 rings (SSSR count). The molecule has 0 aliphatic carbocycles. The van der Waals surface area contributed by atoms with Crippen molar-refractivity contribution in [3.63, 3.8) is 0 Å². The van der Waals surface area contributed by atoms with Gasteiger partial charge in [0.25, 0.3) is 0 Å². The fraction of sp³-hybridized carbons (Fsp3) is 0.467. The number of aryl methyl sites for hydroxylation is 1. The SMILES string of the molecule is CCOc1ncccc1NC(=O)N1CCOC[C@@H]1c1nnc(C)o1. The number of pyridine rings is 1. The Morgan fingerprint density at radius 2 is 2.38 bits per heavy atom.